The zero-order valence-corrected chi connectivity index (χ0v) is 22.4. The minimum Gasteiger partial charge on any atom is -0.439 e. The maximum Gasteiger partial charge on any atom is 0.461 e. The van der Waals surface area contributed by atoms with E-state index in [4.69, 9.17) is 21.3 Å². The number of hydrogen-bond donors (Lipinski definition) is 0. The van der Waals surface area contributed by atoms with Crippen molar-refractivity contribution in [3.63, 3.8) is 0 Å². The van der Waals surface area contributed by atoms with Gasteiger partial charge in [-0.1, -0.05) is 32.4 Å². The maximum absolute atomic E-state index is 13.1. The van der Waals surface area contributed by atoms with Gasteiger partial charge in [0, 0.05) is 46.4 Å². The highest BCUT2D eigenvalue weighted by Crippen LogP contribution is 2.40. The number of benzene rings is 1. The maximum atomic E-state index is 13.1. The average Bonchev–Trinajstić information content (AvgIpc) is 3.26. The number of carbonyl (C=O) groups is 1. The van der Waals surface area contributed by atoms with Gasteiger partial charge in [-0.25, -0.2) is 4.98 Å². The molecule has 0 amide bonds. The van der Waals surface area contributed by atoms with Crippen LogP contribution in [0.5, 0.6) is 0 Å². The van der Waals surface area contributed by atoms with E-state index in [0.29, 0.717) is 11.3 Å². The fraction of sp³-hybridized carbons (Fsp3) is 0.375. The highest BCUT2D eigenvalue weighted by molar-refractivity contribution is 8.01. The van der Waals surface area contributed by atoms with E-state index in [-0.39, 0.29) is 48.0 Å². The van der Waals surface area contributed by atoms with Crippen LogP contribution in [0.3, 0.4) is 0 Å². The topological polar surface area (TPSA) is 64.6 Å². The van der Waals surface area contributed by atoms with Crippen LogP contribution < -0.4 is 4.31 Å². The highest BCUT2D eigenvalue weighted by Gasteiger charge is 2.33. The van der Waals surface area contributed by atoms with E-state index in [1.807, 2.05) is 17.5 Å². The number of esters is 1. The molecule has 0 aliphatic rings. The van der Waals surface area contributed by atoms with Crippen LogP contribution in [0, 0.1) is 0 Å². The summed E-state index contributed by atoms with van der Waals surface area (Å²) in [4.78, 5) is 19.9. The molecule has 0 unspecified atom stereocenters. The summed E-state index contributed by atoms with van der Waals surface area (Å²) >= 11 is 7.64. The number of pyridine rings is 1. The summed E-state index contributed by atoms with van der Waals surface area (Å²) in [6, 6.07) is 8.55. The summed E-state index contributed by atoms with van der Waals surface area (Å²) in [6.07, 6.45) is 1.75. The van der Waals surface area contributed by atoms with Crippen LogP contribution in [-0.4, -0.2) is 41.4 Å². The monoisotopic (exact) mass is 559 g/mol. The molecular weight excluding hydrogens is 535 g/mol. The van der Waals surface area contributed by atoms with Crippen molar-refractivity contribution < 1.29 is 27.4 Å². The normalized spacial score (nSPS) is 12.0. The first kappa shape index (κ1) is 28.2. The van der Waals surface area contributed by atoms with Gasteiger partial charge in [0.1, 0.15) is 5.01 Å². The predicted octanol–water partition coefficient (Wildman–Crippen LogP) is 7.33. The van der Waals surface area contributed by atoms with Crippen molar-refractivity contribution in [1.82, 2.24) is 9.97 Å². The van der Waals surface area contributed by atoms with Crippen LogP contribution in [0.25, 0.3) is 21.8 Å². The molecule has 36 heavy (non-hydrogen) atoms. The number of carbonyl (C=O) groups excluding carboxylic acids is 1. The Morgan fingerprint density at radius 2 is 1.94 bits per heavy atom. The van der Waals surface area contributed by atoms with Gasteiger partial charge < -0.3 is 13.8 Å². The van der Waals surface area contributed by atoms with Crippen LogP contribution >= 0.6 is 34.9 Å². The van der Waals surface area contributed by atoms with Crippen molar-refractivity contribution in [3.8, 4) is 21.8 Å². The second-order valence-electron chi connectivity index (χ2n) is 8.68. The average molecular weight is 560 g/mol. The van der Waals surface area contributed by atoms with E-state index in [1.54, 1.807) is 18.3 Å². The summed E-state index contributed by atoms with van der Waals surface area (Å²) in [7, 11) is 0. The fourth-order valence-corrected chi connectivity index (χ4v) is 4.78. The van der Waals surface area contributed by atoms with E-state index in [0.717, 1.165) is 20.6 Å². The first-order valence-electron chi connectivity index (χ1n) is 10.8. The third-order valence-electron chi connectivity index (χ3n) is 4.79. The summed E-state index contributed by atoms with van der Waals surface area (Å²) in [5.41, 5.74) is -1.26. The molecule has 6 nitrogen and oxygen atoms in total. The number of hydrogen-bond acceptors (Lipinski definition) is 8. The third kappa shape index (κ3) is 8.09. The number of halogens is 4. The van der Waals surface area contributed by atoms with Crippen LogP contribution in [0.4, 0.5) is 18.9 Å². The number of ether oxygens (including phenoxy) is 2. The second kappa shape index (κ2) is 11.8. The van der Waals surface area contributed by atoms with E-state index < -0.39 is 11.5 Å². The Labute approximate surface area is 220 Å². The highest BCUT2D eigenvalue weighted by atomic mass is 35.5. The number of aromatic nitrogens is 2. The molecule has 2 aromatic heterocycles. The Balaban J connectivity index is 1.79. The molecule has 0 N–H and O–H groups in total. The van der Waals surface area contributed by atoms with Gasteiger partial charge in [0.2, 0.25) is 0 Å². The van der Waals surface area contributed by atoms with Gasteiger partial charge in [0.05, 0.1) is 35.8 Å². The Hall–Kier alpha value is -2.34. The van der Waals surface area contributed by atoms with Gasteiger partial charge in [-0.05, 0) is 30.3 Å². The number of nitrogens with zero attached hydrogens (tertiary/aromatic N) is 3. The Bertz CT molecular complexity index is 1200. The smallest absolute Gasteiger partial charge is 0.439 e. The van der Waals surface area contributed by atoms with Crippen molar-refractivity contribution >= 4 is 46.5 Å². The number of thiazole rings is 1. The lowest BCUT2D eigenvalue weighted by molar-refractivity contribution is -0.153. The van der Waals surface area contributed by atoms with E-state index in [1.165, 1.54) is 24.3 Å². The lowest BCUT2D eigenvalue weighted by atomic mass is 9.91. The second-order valence-corrected chi connectivity index (χ2v) is 11.0. The van der Waals surface area contributed by atoms with Crippen LogP contribution in [0.15, 0.2) is 41.9 Å². The lowest BCUT2D eigenvalue weighted by Gasteiger charge is -2.24. The minimum atomic E-state index is -4.51. The van der Waals surface area contributed by atoms with E-state index in [2.05, 4.69) is 30.5 Å². The van der Waals surface area contributed by atoms with Crippen LogP contribution in [0.2, 0.25) is 5.02 Å². The van der Waals surface area contributed by atoms with Gasteiger partial charge in [-0.2, -0.15) is 13.2 Å². The molecule has 0 bridgehead atoms. The van der Waals surface area contributed by atoms with Crippen molar-refractivity contribution in [2.45, 2.75) is 38.6 Å². The molecule has 1 aromatic carbocycles. The first-order valence-corrected chi connectivity index (χ1v) is 12.8. The fourth-order valence-electron chi connectivity index (χ4n) is 3.05. The molecule has 0 aliphatic heterocycles. The van der Waals surface area contributed by atoms with Gasteiger partial charge in [0.15, 0.2) is 6.79 Å². The molecular formula is C24H25ClF3N3O3S2. The van der Waals surface area contributed by atoms with Gasteiger partial charge >= 0.3 is 11.5 Å². The van der Waals surface area contributed by atoms with E-state index in [9.17, 15) is 18.0 Å². The quantitative estimate of drug-likeness (QED) is 0.118. The lowest BCUT2D eigenvalue weighted by Crippen LogP contribution is -2.25. The number of anilines is 1. The largest absolute Gasteiger partial charge is 0.461 e. The van der Waals surface area contributed by atoms with Gasteiger partial charge in [-0.15, -0.1) is 11.3 Å². The molecule has 0 radical (unpaired) electrons. The van der Waals surface area contributed by atoms with Crippen molar-refractivity contribution in [2.24, 2.45) is 0 Å². The molecule has 194 valence electrons. The summed E-state index contributed by atoms with van der Waals surface area (Å²) < 4.78 is 50.2. The zero-order valence-electron chi connectivity index (χ0n) is 20.1. The molecule has 0 atom stereocenters. The standard InChI is InChI=1S/C24H25ClF3N3O3S2/c1-15(32)34-14-33-10-9-31(36-24(26,27)28)17-5-6-18(19(25)12-17)20-13-35-22(30-20)16-7-8-29-21(11-16)23(2,3)4/h5-8,11-13H,9-10,14H2,1-4H3. The minimum absolute atomic E-state index is 0.0896. The van der Waals surface area contributed by atoms with Crippen molar-refractivity contribution in [3.05, 3.63) is 52.6 Å². The Kier molecular flexibility index (Phi) is 9.26. The summed E-state index contributed by atoms with van der Waals surface area (Å²) in [5.74, 6) is -0.539. The predicted molar refractivity (Wildman–Crippen MR) is 138 cm³/mol. The summed E-state index contributed by atoms with van der Waals surface area (Å²) in [6.45, 7) is 6.93. The number of alkyl halides is 3. The van der Waals surface area contributed by atoms with Crippen LogP contribution in [-0.2, 0) is 19.7 Å². The van der Waals surface area contributed by atoms with Crippen LogP contribution in [0.1, 0.15) is 33.4 Å². The van der Waals surface area contributed by atoms with Crippen molar-refractivity contribution in [2.75, 3.05) is 24.2 Å². The third-order valence-corrected chi connectivity index (χ3v) is 6.82. The molecule has 0 fully saturated rings. The zero-order chi connectivity index (χ0) is 26.5. The molecule has 0 saturated heterocycles. The first-order chi connectivity index (χ1) is 16.8. The Morgan fingerprint density at radius 3 is 2.58 bits per heavy atom. The molecule has 3 rings (SSSR count). The molecule has 0 saturated carbocycles. The van der Waals surface area contributed by atoms with E-state index >= 15 is 0 Å². The Morgan fingerprint density at radius 1 is 1.19 bits per heavy atom. The molecule has 0 spiro atoms. The SMILES string of the molecule is CC(=O)OCOCCN(SC(F)(F)F)c1ccc(-c2csc(-c3ccnc(C(C)(C)C)c3)n2)c(Cl)c1. The summed E-state index contributed by atoms with van der Waals surface area (Å²) in [5, 5.41) is 2.92. The number of rotatable bonds is 9. The van der Waals surface area contributed by atoms with Gasteiger partial charge in [0.25, 0.3) is 0 Å². The van der Waals surface area contributed by atoms with Crippen molar-refractivity contribution in [1.29, 1.82) is 0 Å². The molecule has 12 heteroatoms. The molecule has 2 heterocycles. The molecule has 3 aromatic rings. The van der Waals surface area contributed by atoms with Gasteiger partial charge in [-0.3, -0.25) is 9.78 Å². The molecule has 0 aliphatic carbocycles.